The van der Waals surface area contributed by atoms with E-state index in [1.165, 1.54) is 42.7 Å². The van der Waals surface area contributed by atoms with Crippen LogP contribution in [0.25, 0.3) is 0 Å². The number of rotatable bonds is 7. The number of carbonyl (C=O) groups excluding carboxylic acids is 1. The molecule has 0 atom stereocenters. The molecule has 0 amide bonds. The molecule has 2 rings (SSSR count). The molecule has 0 unspecified atom stereocenters. The lowest BCUT2D eigenvalue weighted by molar-refractivity contribution is 0.0600. The molecule has 25 heavy (non-hydrogen) atoms. The zero-order chi connectivity index (χ0) is 18.4. The van der Waals surface area contributed by atoms with Crippen molar-refractivity contribution in [2.75, 3.05) is 20.8 Å². The molecule has 0 N–H and O–H groups in total. The van der Waals surface area contributed by atoms with Crippen molar-refractivity contribution in [3.63, 3.8) is 0 Å². The van der Waals surface area contributed by atoms with Crippen LogP contribution in [-0.4, -0.2) is 39.5 Å². The first kappa shape index (κ1) is 19.0. The molecule has 134 valence electrons. The summed E-state index contributed by atoms with van der Waals surface area (Å²) in [5, 5.41) is 0. The lowest BCUT2D eigenvalue weighted by atomic mass is 10.2. The molecular weight excluding hydrogens is 342 g/mol. The van der Waals surface area contributed by atoms with Gasteiger partial charge in [-0.2, -0.15) is 4.31 Å². The Labute approximate surface area is 148 Å². The second-order valence-electron chi connectivity index (χ2n) is 5.36. The molecule has 7 heteroatoms. The van der Waals surface area contributed by atoms with Gasteiger partial charge in [-0.1, -0.05) is 18.2 Å². The van der Waals surface area contributed by atoms with Crippen LogP contribution in [0.1, 0.15) is 22.8 Å². The smallest absolute Gasteiger partial charge is 0.337 e. The highest BCUT2D eigenvalue weighted by molar-refractivity contribution is 7.89. The highest BCUT2D eigenvalue weighted by atomic mass is 32.2. The SMILES string of the molecule is CCOc1cccc(CN(C)S(=O)(=O)c2cccc(C(=O)OC)c2)c1. The fourth-order valence-electron chi connectivity index (χ4n) is 2.32. The molecule has 0 saturated carbocycles. The number of methoxy groups -OCH3 is 1. The molecular formula is C18H21NO5S. The van der Waals surface area contributed by atoms with Gasteiger partial charge in [0.25, 0.3) is 0 Å². The molecule has 0 aromatic heterocycles. The van der Waals surface area contributed by atoms with E-state index >= 15 is 0 Å². The highest BCUT2D eigenvalue weighted by Crippen LogP contribution is 2.20. The van der Waals surface area contributed by atoms with E-state index in [1.807, 2.05) is 25.1 Å². The zero-order valence-electron chi connectivity index (χ0n) is 14.4. The van der Waals surface area contributed by atoms with Crippen LogP contribution in [0.15, 0.2) is 53.4 Å². The minimum atomic E-state index is -3.74. The Hall–Kier alpha value is -2.38. The molecule has 0 bridgehead atoms. The van der Waals surface area contributed by atoms with Gasteiger partial charge in [0.2, 0.25) is 10.0 Å². The van der Waals surface area contributed by atoms with Gasteiger partial charge in [0.1, 0.15) is 5.75 Å². The summed E-state index contributed by atoms with van der Waals surface area (Å²) < 4.78 is 36.8. The van der Waals surface area contributed by atoms with Gasteiger partial charge in [-0.05, 0) is 42.8 Å². The fraction of sp³-hybridized carbons (Fsp3) is 0.278. The van der Waals surface area contributed by atoms with Gasteiger partial charge >= 0.3 is 5.97 Å². The van der Waals surface area contributed by atoms with Crippen molar-refractivity contribution in [3.05, 3.63) is 59.7 Å². The zero-order valence-corrected chi connectivity index (χ0v) is 15.2. The van der Waals surface area contributed by atoms with Crippen LogP contribution in [0.2, 0.25) is 0 Å². The number of hydrogen-bond donors (Lipinski definition) is 0. The molecule has 2 aromatic rings. The topological polar surface area (TPSA) is 72.9 Å². The number of nitrogens with zero attached hydrogens (tertiary/aromatic N) is 1. The molecule has 0 heterocycles. The standard InChI is InChI=1S/C18H21NO5S/c1-4-24-16-9-5-7-14(11-16)13-19(2)25(21,22)17-10-6-8-15(12-17)18(20)23-3/h5-12H,4,13H2,1-3H3. The number of ether oxygens (including phenoxy) is 2. The van der Waals surface area contributed by atoms with E-state index < -0.39 is 16.0 Å². The van der Waals surface area contributed by atoms with E-state index in [1.54, 1.807) is 6.07 Å². The molecule has 6 nitrogen and oxygen atoms in total. The minimum absolute atomic E-state index is 0.0406. The summed E-state index contributed by atoms with van der Waals surface area (Å²) in [7, 11) is -0.997. The molecule has 0 spiro atoms. The van der Waals surface area contributed by atoms with Crippen molar-refractivity contribution in [3.8, 4) is 5.75 Å². The lowest BCUT2D eigenvalue weighted by Gasteiger charge is -2.18. The van der Waals surface area contributed by atoms with Gasteiger partial charge in [-0.3, -0.25) is 0 Å². The first-order valence-electron chi connectivity index (χ1n) is 7.75. The summed E-state index contributed by atoms with van der Waals surface area (Å²) in [6.07, 6.45) is 0. The van der Waals surface area contributed by atoms with Crippen molar-refractivity contribution >= 4 is 16.0 Å². The van der Waals surface area contributed by atoms with Crippen LogP contribution >= 0.6 is 0 Å². The van der Waals surface area contributed by atoms with Gasteiger partial charge in [0, 0.05) is 13.6 Å². The summed E-state index contributed by atoms with van der Waals surface area (Å²) in [5.74, 6) is 0.114. The number of hydrogen-bond acceptors (Lipinski definition) is 5. The normalized spacial score (nSPS) is 11.4. The average Bonchev–Trinajstić information content (AvgIpc) is 2.61. The van der Waals surface area contributed by atoms with Crippen molar-refractivity contribution in [1.82, 2.24) is 4.31 Å². The quantitative estimate of drug-likeness (QED) is 0.707. The van der Waals surface area contributed by atoms with Crippen LogP contribution in [0.5, 0.6) is 5.75 Å². The van der Waals surface area contributed by atoms with E-state index in [2.05, 4.69) is 4.74 Å². The van der Waals surface area contributed by atoms with Crippen LogP contribution < -0.4 is 4.74 Å². The third-order valence-electron chi connectivity index (χ3n) is 3.58. The Bertz CT molecular complexity index is 848. The van der Waals surface area contributed by atoms with Gasteiger partial charge < -0.3 is 9.47 Å². The van der Waals surface area contributed by atoms with Crippen molar-refractivity contribution in [2.24, 2.45) is 0 Å². The van der Waals surface area contributed by atoms with E-state index in [9.17, 15) is 13.2 Å². The molecule has 0 radical (unpaired) electrons. The van der Waals surface area contributed by atoms with Crippen molar-refractivity contribution < 1.29 is 22.7 Å². The van der Waals surface area contributed by atoms with Gasteiger partial charge in [0.15, 0.2) is 0 Å². The first-order chi connectivity index (χ1) is 11.9. The van der Waals surface area contributed by atoms with Crippen LogP contribution in [0.3, 0.4) is 0 Å². The maximum Gasteiger partial charge on any atom is 0.337 e. The minimum Gasteiger partial charge on any atom is -0.494 e. The third-order valence-corrected chi connectivity index (χ3v) is 5.38. The van der Waals surface area contributed by atoms with Crippen molar-refractivity contribution in [1.29, 1.82) is 0 Å². The molecule has 0 fully saturated rings. The fourth-order valence-corrected chi connectivity index (χ4v) is 3.53. The summed E-state index contributed by atoms with van der Waals surface area (Å²) in [5.41, 5.74) is 0.997. The van der Waals surface area contributed by atoms with Crippen LogP contribution in [-0.2, 0) is 21.3 Å². The summed E-state index contributed by atoms with van der Waals surface area (Å²) in [6, 6.07) is 13.1. The van der Waals surface area contributed by atoms with Crippen molar-refractivity contribution in [2.45, 2.75) is 18.4 Å². The Morgan fingerprint density at radius 3 is 2.52 bits per heavy atom. The Morgan fingerprint density at radius 1 is 1.12 bits per heavy atom. The average molecular weight is 363 g/mol. The van der Waals surface area contributed by atoms with E-state index in [0.29, 0.717) is 12.4 Å². The second-order valence-corrected chi connectivity index (χ2v) is 7.41. The highest BCUT2D eigenvalue weighted by Gasteiger charge is 2.22. The molecule has 2 aromatic carbocycles. The van der Waals surface area contributed by atoms with Gasteiger partial charge in [-0.25, -0.2) is 13.2 Å². The Balaban J connectivity index is 2.24. The molecule has 0 saturated heterocycles. The van der Waals surface area contributed by atoms with E-state index in [0.717, 1.165) is 5.56 Å². The molecule has 0 aliphatic heterocycles. The second kappa shape index (κ2) is 8.13. The first-order valence-corrected chi connectivity index (χ1v) is 9.19. The summed E-state index contributed by atoms with van der Waals surface area (Å²) >= 11 is 0. The number of sulfonamides is 1. The predicted octanol–water partition coefficient (Wildman–Crippen LogP) is 2.69. The number of esters is 1. The summed E-state index contributed by atoms with van der Waals surface area (Å²) in [4.78, 5) is 11.6. The maximum atomic E-state index is 12.8. The monoisotopic (exact) mass is 363 g/mol. The van der Waals surface area contributed by atoms with E-state index in [4.69, 9.17) is 4.74 Å². The molecule has 0 aliphatic rings. The predicted molar refractivity (Wildman–Crippen MR) is 94.0 cm³/mol. The summed E-state index contributed by atoms with van der Waals surface area (Å²) in [6.45, 7) is 2.61. The third kappa shape index (κ3) is 4.58. The lowest BCUT2D eigenvalue weighted by Crippen LogP contribution is -2.26. The molecule has 0 aliphatic carbocycles. The Kier molecular flexibility index (Phi) is 6.17. The van der Waals surface area contributed by atoms with Crippen LogP contribution in [0.4, 0.5) is 0 Å². The van der Waals surface area contributed by atoms with Gasteiger partial charge in [0.05, 0.1) is 24.2 Å². The number of carbonyl (C=O) groups is 1. The van der Waals surface area contributed by atoms with Crippen LogP contribution in [0, 0.1) is 0 Å². The van der Waals surface area contributed by atoms with Gasteiger partial charge in [-0.15, -0.1) is 0 Å². The van der Waals surface area contributed by atoms with E-state index in [-0.39, 0.29) is 17.0 Å². The Morgan fingerprint density at radius 2 is 1.84 bits per heavy atom. The maximum absolute atomic E-state index is 12.8. The largest absolute Gasteiger partial charge is 0.494 e. The number of benzene rings is 2.